The van der Waals surface area contributed by atoms with Crippen molar-refractivity contribution in [3.63, 3.8) is 0 Å². The summed E-state index contributed by atoms with van der Waals surface area (Å²) in [6.07, 6.45) is 4.15. The fraction of sp³-hybridized carbons (Fsp3) is 0.550. The van der Waals surface area contributed by atoms with Gasteiger partial charge in [0.1, 0.15) is 0 Å². The predicted octanol–water partition coefficient (Wildman–Crippen LogP) is 5.34. The molecule has 10 heterocycles. The molecule has 10 aliphatic heterocycles. The molecule has 1 spiro atoms. The summed E-state index contributed by atoms with van der Waals surface area (Å²) in [6.45, 7) is -1.08. The Bertz CT molecular complexity index is 1240. The normalized spacial score (nSPS) is 94.9. The summed E-state index contributed by atoms with van der Waals surface area (Å²) < 4.78 is 0.403. The minimum atomic E-state index is -3.20. The first-order chi connectivity index (χ1) is 10.4. The van der Waals surface area contributed by atoms with Crippen LogP contribution in [0, 0.1) is 6.92 Å². The Labute approximate surface area is 119 Å². The minimum absolute atomic E-state index is 0.403. The molecule has 10 aliphatic rings. The van der Waals surface area contributed by atoms with E-state index in [9.17, 15) is 4.79 Å². The van der Waals surface area contributed by atoms with E-state index in [0.717, 1.165) is 9.63 Å². The number of rotatable bonds is 3. The Balaban J connectivity index is 1.18. The first-order valence-electron chi connectivity index (χ1n) is 8.94. The number of hydrogen-bond acceptors (Lipinski definition) is 1. The van der Waals surface area contributed by atoms with Crippen LogP contribution in [0.5, 0.6) is 0 Å². The van der Waals surface area contributed by atoms with E-state index in [1.807, 2.05) is 6.08 Å². The maximum atomic E-state index is 13.4. The number of aryl methyl sites for hydroxylation is 1. The van der Waals surface area contributed by atoms with Crippen molar-refractivity contribution in [3.8, 4) is 0 Å². The van der Waals surface area contributed by atoms with Gasteiger partial charge in [-0.2, -0.15) is 0 Å². The van der Waals surface area contributed by atoms with Crippen molar-refractivity contribution in [1.29, 1.82) is 0 Å². The number of allylic oxidation sites excluding steroid dienone is 1. The van der Waals surface area contributed by atoms with Crippen molar-refractivity contribution < 1.29 is 11.3 Å². The number of carbonyl (C=O) groups excluding carboxylic acids is 1. The average Bonchev–Trinajstić information content (AvgIpc) is 3.46. The molecule has 11 rings (SSSR count). The van der Waals surface area contributed by atoms with E-state index < -0.39 is 6.51 Å². The van der Waals surface area contributed by atoms with E-state index in [0.29, 0.717) is 10.1 Å². The third-order valence-corrected chi connectivity index (χ3v) is 58.9. The fourth-order valence-corrected chi connectivity index (χ4v) is 91.7. The van der Waals surface area contributed by atoms with Gasteiger partial charge in [0, 0.05) is 0 Å². The van der Waals surface area contributed by atoms with E-state index >= 15 is 0 Å². The standard InChI is InChI=1S/C15H13O.C5H5.Fe/c1-12-6-8-13(9-7-12)10-11-15(16)14-4-2-3-5-14;1-2-4-5-3-1;/h2-11H,1H3;1-5H;. The number of ketones is 1. The first kappa shape index (κ1) is 8.85. The summed E-state index contributed by atoms with van der Waals surface area (Å²) in [6, 6.07) is 8.60. The van der Waals surface area contributed by atoms with Crippen LogP contribution in [0.2, 0.25) is 47.7 Å². The van der Waals surface area contributed by atoms with Crippen LogP contribution in [0.15, 0.2) is 30.3 Å². The Morgan fingerprint density at radius 1 is 0.955 bits per heavy atom. The Morgan fingerprint density at radius 3 is 1.91 bits per heavy atom. The van der Waals surface area contributed by atoms with Gasteiger partial charge in [-0.05, 0) is 0 Å². The second-order valence-electron chi connectivity index (χ2n) is 12.3. The van der Waals surface area contributed by atoms with Gasteiger partial charge >= 0.3 is 119 Å². The zero-order valence-electron chi connectivity index (χ0n) is 12.4. The third-order valence-electron chi connectivity index (χ3n) is 16.6. The van der Waals surface area contributed by atoms with Gasteiger partial charge in [0.15, 0.2) is 0 Å². The van der Waals surface area contributed by atoms with Crippen molar-refractivity contribution in [2.45, 2.75) is 54.6 Å². The van der Waals surface area contributed by atoms with E-state index in [-0.39, 0.29) is 0 Å². The molecule has 4 unspecified atom stereocenters. The van der Waals surface area contributed by atoms with Gasteiger partial charge in [-0.1, -0.05) is 0 Å². The van der Waals surface area contributed by atoms with Crippen molar-refractivity contribution in [2.24, 2.45) is 0 Å². The van der Waals surface area contributed by atoms with Gasteiger partial charge in [-0.3, -0.25) is 0 Å². The quantitative estimate of drug-likeness (QED) is 0.540. The predicted molar refractivity (Wildman–Crippen MR) is 81.7 cm³/mol. The summed E-state index contributed by atoms with van der Waals surface area (Å²) >= 11 is 0. The molecule has 22 heavy (non-hydrogen) atoms. The van der Waals surface area contributed by atoms with Crippen molar-refractivity contribution in [2.75, 3.05) is 0 Å². The van der Waals surface area contributed by atoms with Crippen molar-refractivity contribution in [3.05, 3.63) is 41.5 Å². The topological polar surface area (TPSA) is 17.1 Å². The number of hydrogen-bond donors (Lipinski definition) is 0. The molecule has 1 aromatic rings. The molecular weight excluding hydrogens is 312 g/mol. The Hall–Kier alpha value is -0.851. The summed E-state index contributed by atoms with van der Waals surface area (Å²) in [5.41, 5.74) is 2.49. The van der Waals surface area contributed by atoms with Crippen molar-refractivity contribution in [1.82, 2.24) is 0 Å². The Kier molecular flexibility index (Phi) is 0.350. The van der Waals surface area contributed by atoms with Crippen LogP contribution < -0.4 is 0 Å². The molecule has 10 fully saturated rings. The molecule has 1 aromatic carbocycles. The van der Waals surface area contributed by atoms with Crippen LogP contribution in [0.25, 0.3) is 6.08 Å². The molecule has 0 radical (unpaired) electrons. The van der Waals surface area contributed by atoms with E-state index in [1.165, 1.54) is 44.8 Å². The van der Waals surface area contributed by atoms with E-state index in [4.69, 9.17) is 0 Å². The first-order valence-corrected chi connectivity index (χ1v) is 15.2. The summed E-state index contributed by atoms with van der Waals surface area (Å²) in [5, 5.41) is 0. The van der Waals surface area contributed by atoms with Gasteiger partial charge in [0.2, 0.25) is 0 Å². The van der Waals surface area contributed by atoms with Crippen LogP contribution >= 0.6 is 0 Å². The third kappa shape index (κ3) is 0.116. The van der Waals surface area contributed by atoms with Gasteiger partial charge in [-0.25, -0.2) is 0 Å². The van der Waals surface area contributed by atoms with E-state index in [1.54, 1.807) is 0 Å². The molecule has 2 heteroatoms. The molecule has 10 saturated heterocycles. The van der Waals surface area contributed by atoms with Gasteiger partial charge in [-0.15, -0.1) is 0 Å². The van der Waals surface area contributed by atoms with Crippen LogP contribution in [-0.4, -0.2) is 5.78 Å². The van der Waals surface area contributed by atoms with E-state index in [2.05, 4.69) is 37.3 Å². The van der Waals surface area contributed by atoms with Crippen LogP contribution in [0.3, 0.4) is 0 Å². The van der Waals surface area contributed by atoms with Crippen molar-refractivity contribution >= 4 is 11.9 Å². The van der Waals surface area contributed by atoms with Crippen LogP contribution in [0.1, 0.15) is 11.1 Å². The molecule has 0 amide bonds. The SMILES string of the molecule is Cc1ccc(C=CC(=O)[C]23[CH]4[CH]5[CH]6[CH]2[Fe]56432789[CH]3[CH]2[CH]7[CH]8[CH]39)cc1. The summed E-state index contributed by atoms with van der Waals surface area (Å²) in [5.74, 6) is 0.638. The average molecular weight is 330 g/mol. The second kappa shape index (κ2) is 0.870. The van der Waals surface area contributed by atoms with Gasteiger partial charge in [0.25, 0.3) is 0 Å². The molecule has 4 atom stereocenters. The molecular formula is C20H18FeO. The second-order valence-corrected chi connectivity index (χ2v) is 35.8. The Morgan fingerprint density at radius 2 is 1.50 bits per heavy atom. The van der Waals surface area contributed by atoms with Gasteiger partial charge < -0.3 is 0 Å². The number of fused-ring (bicyclic) bond motifs is 10. The molecule has 0 bridgehead atoms. The monoisotopic (exact) mass is 330 g/mol. The molecule has 1 nitrogen and oxygen atoms in total. The zero-order chi connectivity index (χ0) is 14.0. The molecule has 0 aliphatic carbocycles. The molecule has 0 N–H and O–H groups in total. The number of carbonyl (C=O) groups is 1. The van der Waals surface area contributed by atoms with Crippen LogP contribution in [-0.2, 0) is 11.3 Å². The van der Waals surface area contributed by atoms with Gasteiger partial charge in [0.05, 0.1) is 0 Å². The summed E-state index contributed by atoms with van der Waals surface area (Å²) in [7, 11) is 0. The molecule has 0 aromatic heterocycles. The summed E-state index contributed by atoms with van der Waals surface area (Å²) in [4.78, 5) is 24.4. The molecule has 0 saturated carbocycles. The molecule has 112 valence electrons. The fourth-order valence-electron chi connectivity index (χ4n) is 17.8. The van der Waals surface area contributed by atoms with Crippen LogP contribution in [0.4, 0.5) is 0 Å². The number of benzene rings is 1. The maximum absolute atomic E-state index is 13.4. The zero-order valence-corrected chi connectivity index (χ0v) is 13.5.